The van der Waals surface area contributed by atoms with Crippen molar-refractivity contribution in [2.75, 3.05) is 44.7 Å². The number of hydrogen-bond acceptors (Lipinski definition) is 5. The highest BCUT2D eigenvalue weighted by molar-refractivity contribution is 7.22. The first-order valence-corrected chi connectivity index (χ1v) is 8.48. The van der Waals surface area contributed by atoms with Crippen molar-refractivity contribution < 1.29 is 4.74 Å². The van der Waals surface area contributed by atoms with E-state index in [1.54, 1.807) is 11.3 Å². The molecule has 1 N–H and O–H groups in total. The fourth-order valence-electron chi connectivity index (χ4n) is 2.52. The van der Waals surface area contributed by atoms with Crippen molar-refractivity contribution in [3.05, 3.63) is 23.8 Å². The molecule has 0 radical (unpaired) electrons. The number of nitrogens with one attached hydrogen (secondary N) is 1. The summed E-state index contributed by atoms with van der Waals surface area (Å²) in [6.45, 7) is 10.2. The summed E-state index contributed by atoms with van der Waals surface area (Å²) in [5, 5.41) is 4.48. The predicted molar refractivity (Wildman–Crippen MR) is 89.5 cm³/mol. The highest BCUT2D eigenvalue weighted by atomic mass is 32.1. The Bertz CT molecular complexity index is 590. The number of ether oxygens (including phenoxy) is 1. The van der Waals surface area contributed by atoms with E-state index in [1.807, 2.05) is 0 Å². The van der Waals surface area contributed by atoms with Crippen LogP contribution in [0.4, 0.5) is 5.13 Å². The van der Waals surface area contributed by atoms with Gasteiger partial charge in [-0.2, -0.15) is 0 Å². The van der Waals surface area contributed by atoms with Gasteiger partial charge in [0.2, 0.25) is 0 Å². The largest absolute Gasteiger partial charge is 0.379 e. The number of benzene rings is 1. The molecule has 0 unspecified atom stereocenters. The standard InChI is InChI=1S/C16H23N3OS/c1-12(2)13-3-4-14-15(11-13)21-16(18-14)17-5-6-19-7-9-20-10-8-19/h3-4,11-12H,5-10H2,1-2H3,(H,17,18). The van der Waals surface area contributed by atoms with Gasteiger partial charge >= 0.3 is 0 Å². The number of aromatic nitrogens is 1. The minimum Gasteiger partial charge on any atom is -0.379 e. The Morgan fingerprint density at radius 3 is 2.90 bits per heavy atom. The third kappa shape index (κ3) is 3.73. The first kappa shape index (κ1) is 14.8. The van der Waals surface area contributed by atoms with Gasteiger partial charge in [0.25, 0.3) is 0 Å². The maximum Gasteiger partial charge on any atom is 0.183 e. The highest BCUT2D eigenvalue weighted by Crippen LogP contribution is 2.28. The highest BCUT2D eigenvalue weighted by Gasteiger charge is 2.10. The summed E-state index contributed by atoms with van der Waals surface area (Å²) < 4.78 is 6.64. The zero-order valence-electron chi connectivity index (χ0n) is 12.8. The van der Waals surface area contributed by atoms with Gasteiger partial charge in [0.15, 0.2) is 5.13 Å². The average Bonchev–Trinajstić information content (AvgIpc) is 2.90. The number of hydrogen-bond donors (Lipinski definition) is 1. The molecule has 1 aromatic heterocycles. The summed E-state index contributed by atoms with van der Waals surface area (Å²) in [4.78, 5) is 7.09. The number of nitrogens with zero attached hydrogens (tertiary/aromatic N) is 2. The third-order valence-corrected chi connectivity index (χ3v) is 4.86. The minimum atomic E-state index is 0.564. The number of thiazole rings is 1. The van der Waals surface area contributed by atoms with E-state index in [1.165, 1.54) is 10.3 Å². The van der Waals surface area contributed by atoms with E-state index < -0.39 is 0 Å². The molecule has 1 saturated heterocycles. The summed E-state index contributed by atoms with van der Waals surface area (Å²) in [6.07, 6.45) is 0. The van der Waals surface area contributed by atoms with Crippen molar-refractivity contribution in [3.63, 3.8) is 0 Å². The fraction of sp³-hybridized carbons (Fsp3) is 0.562. The Morgan fingerprint density at radius 1 is 1.33 bits per heavy atom. The SMILES string of the molecule is CC(C)c1ccc2nc(NCCN3CCOCC3)sc2c1. The molecule has 21 heavy (non-hydrogen) atoms. The van der Waals surface area contributed by atoms with Gasteiger partial charge in [-0.05, 0) is 23.6 Å². The topological polar surface area (TPSA) is 37.4 Å². The van der Waals surface area contributed by atoms with Crippen molar-refractivity contribution >= 4 is 26.7 Å². The Balaban J connectivity index is 1.59. The molecular weight excluding hydrogens is 282 g/mol. The van der Waals surface area contributed by atoms with E-state index in [9.17, 15) is 0 Å². The summed E-state index contributed by atoms with van der Waals surface area (Å²) in [6, 6.07) is 6.59. The van der Waals surface area contributed by atoms with Crippen LogP contribution in [0.2, 0.25) is 0 Å². The lowest BCUT2D eigenvalue weighted by molar-refractivity contribution is 0.0398. The molecule has 1 aliphatic rings. The van der Waals surface area contributed by atoms with E-state index in [4.69, 9.17) is 4.74 Å². The van der Waals surface area contributed by atoms with Crippen LogP contribution in [0.1, 0.15) is 25.3 Å². The van der Waals surface area contributed by atoms with Crippen molar-refractivity contribution in [1.29, 1.82) is 0 Å². The van der Waals surface area contributed by atoms with Crippen LogP contribution in [-0.2, 0) is 4.74 Å². The molecule has 0 spiro atoms. The van der Waals surface area contributed by atoms with Crippen LogP contribution in [-0.4, -0.2) is 49.3 Å². The lowest BCUT2D eigenvalue weighted by Crippen LogP contribution is -2.38. The molecule has 0 aliphatic carbocycles. The first-order chi connectivity index (χ1) is 10.2. The van der Waals surface area contributed by atoms with E-state index >= 15 is 0 Å². The smallest absolute Gasteiger partial charge is 0.183 e. The number of rotatable bonds is 5. The van der Waals surface area contributed by atoms with E-state index in [0.717, 1.165) is 50.0 Å². The molecule has 114 valence electrons. The normalized spacial score (nSPS) is 16.7. The van der Waals surface area contributed by atoms with Crippen LogP contribution in [0.15, 0.2) is 18.2 Å². The van der Waals surface area contributed by atoms with Gasteiger partial charge in [-0.3, -0.25) is 4.90 Å². The zero-order valence-corrected chi connectivity index (χ0v) is 13.6. The Hall–Kier alpha value is -1.17. The van der Waals surface area contributed by atoms with Gasteiger partial charge in [-0.1, -0.05) is 31.3 Å². The fourth-order valence-corrected chi connectivity index (χ4v) is 3.46. The van der Waals surface area contributed by atoms with Crippen LogP contribution in [0.5, 0.6) is 0 Å². The molecule has 5 heteroatoms. The van der Waals surface area contributed by atoms with Gasteiger partial charge in [0, 0.05) is 26.2 Å². The number of fused-ring (bicyclic) bond motifs is 1. The van der Waals surface area contributed by atoms with Gasteiger partial charge in [-0.25, -0.2) is 4.98 Å². The first-order valence-electron chi connectivity index (χ1n) is 7.67. The quantitative estimate of drug-likeness (QED) is 0.921. The zero-order chi connectivity index (χ0) is 14.7. The van der Waals surface area contributed by atoms with Gasteiger partial charge in [0.1, 0.15) is 0 Å². The molecule has 0 saturated carbocycles. The summed E-state index contributed by atoms with van der Waals surface area (Å²) in [7, 11) is 0. The van der Waals surface area contributed by atoms with Crippen LogP contribution >= 0.6 is 11.3 Å². The molecule has 3 rings (SSSR count). The lowest BCUT2D eigenvalue weighted by Gasteiger charge is -2.26. The number of anilines is 1. The monoisotopic (exact) mass is 305 g/mol. The Kier molecular flexibility index (Phi) is 4.73. The Labute approximate surface area is 130 Å². The van der Waals surface area contributed by atoms with E-state index in [-0.39, 0.29) is 0 Å². The molecule has 1 fully saturated rings. The molecule has 1 aromatic carbocycles. The molecule has 4 nitrogen and oxygen atoms in total. The molecular formula is C16H23N3OS. The molecule has 2 aromatic rings. The molecule has 2 heterocycles. The summed E-state index contributed by atoms with van der Waals surface area (Å²) >= 11 is 1.75. The summed E-state index contributed by atoms with van der Waals surface area (Å²) in [5.74, 6) is 0.564. The van der Waals surface area contributed by atoms with Crippen LogP contribution in [0, 0.1) is 0 Å². The molecule has 1 aliphatic heterocycles. The van der Waals surface area contributed by atoms with Gasteiger partial charge < -0.3 is 10.1 Å². The van der Waals surface area contributed by atoms with Gasteiger partial charge in [0.05, 0.1) is 23.4 Å². The second kappa shape index (κ2) is 6.73. The Morgan fingerprint density at radius 2 is 2.14 bits per heavy atom. The van der Waals surface area contributed by atoms with Crippen molar-refractivity contribution in [3.8, 4) is 0 Å². The van der Waals surface area contributed by atoms with Crippen LogP contribution in [0.3, 0.4) is 0 Å². The average molecular weight is 305 g/mol. The lowest BCUT2D eigenvalue weighted by atomic mass is 10.0. The third-order valence-electron chi connectivity index (χ3n) is 3.89. The second-order valence-electron chi connectivity index (χ2n) is 5.78. The maximum atomic E-state index is 5.36. The molecule has 0 bridgehead atoms. The van der Waals surface area contributed by atoms with Crippen LogP contribution in [0.25, 0.3) is 10.2 Å². The predicted octanol–water partition coefficient (Wildman–Crippen LogP) is 3.16. The molecule has 0 amide bonds. The van der Waals surface area contributed by atoms with Crippen molar-refractivity contribution in [2.24, 2.45) is 0 Å². The van der Waals surface area contributed by atoms with Crippen molar-refractivity contribution in [1.82, 2.24) is 9.88 Å². The van der Waals surface area contributed by atoms with Crippen LogP contribution < -0.4 is 5.32 Å². The summed E-state index contributed by atoms with van der Waals surface area (Å²) in [5.41, 5.74) is 2.48. The number of morpholine rings is 1. The molecule has 0 atom stereocenters. The van der Waals surface area contributed by atoms with Gasteiger partial charge in [-0.15, -0.1) is 0 Å². The van der Waals surface area contributed by atoms with E-state index in [0.29, 0.717) is 5.92 Å². The second-order valence-corrected chi connectivity index (χ2v) is 6.81. The van der Waals surface area contributed by atoms with Crippen molar-refractivity contribution in [2.45, 2.75) is 19.8 Å². The maximum absolute atomic E-state index is 5.36. The minimum absolute atomic E-state index is 0.564. The van der Waals surface area contributed by atoms with E-state index in [2.05, 4.69) is 47.2 Å².